The van der Waals surface area contributed by atoms with Crippen LogP contribution in [-0.4, -0.2) is 53.2 Å². The van der Waals surface area contributed by atoms with Gasteiger partial charge in [-0.2, -0.15) is 38.1 Å². The third kappa shape index (κ3) is 13.9. The molecule has 3 saturated carbocycles. The van der Waals surface area contributed by atoms with Crippen molar-refractivity contribution in [2.75, 3.05) is 5.75 Å². The van der Waals surface area contributed by atoms with Gasteiger partial charge in [0.05, 0.1) is 24.0 Å². The molecule has 12 heteroatoms. The number of allylic oxidation sites excluding steroid dienone is 1. The Bertz CT molecular complexity index is 1000. The molecule has 0 radical (unpaired) electrons. The Morgan fingerprint density at radius 1 is 0.766 bits per heavy atom. The number of unbranched alkanes of at least 4 members (excludes halogenated alkanes) is 2. The molecule has 3 fully saturated rings. The molecule has 0 bridgehead atoms. The maximum absolute atomic E-state index is 14.1. The second-order valence-corrected chi connectivity index (χ2v) is 15.9. The topological polar surface area (TPSA) is 95.4 Å². The predicted molar refractivity (Wildman–Crippen MR) is 175 cm³/mol. The monoisotopic (exact) mass is 698 g/mol. The van der Waals surface area contributed by atoms with E-state index < -0.39 is 48.2 Å². The number of carbonyl (C=O) groups is 2. The fourth-order valence-electron chi connectivity index (χ4n) is 8.05. The third-order valence-electron chi connectivity index (χ3n) is 10.4. The molecule has 0 saturated heterocycles. The van der Waals surface area contributed by atoms with Crippen LogP contribution in [0.1, 0.15) is 122 Å². The molecule has 272 valence electrons. The number of nitrogens with two attached hydrogens (primary N) is 2. The van der Waals surface area contributed by atoms with Gasteiger partial charge in [-0.1, -0.05) is 19.9 Å². The fourth-order valence-corrected chi connectivity index (χ4v) is 9.51. The van der Waals surface area contributed by atoms with Gasteiger partial charge in [-0.3, -0.25) is 9.59 Å². The van der Waals surface area contributed by atoms with E-state index in [0.29, 0.717) is 57.1 Å². The van der Waals surface area contributed by atoms with Gasteiger partial charge in [0, 0.05) is 42.7 Å². The molecule has 0 heterocycles. The molecule has 7 unspecified atom stereocenters. The molecule has 5 nitrogen and oxygen atoms in total. The Labute approximate surface area is 281 Å². The quantitative estimate of drug-likeness (QED) is 0.116. The summed E-state index contributed by atoms with van der Waals surface area (Å²) >= 11 is 1.62. The van der Waals surface area contributed by atoms with Gasteiger partial charge in [0.25, 0.3) is 0 Å². The lowest BCUT2D eigenvalue weighted by atomic mass is 9.70. The van der Waals surface area contributed by atoms with Gasteiger partial charge in [-0.25, -0.2) is 0 Å². The van der Waals surface area contributed by atoms with Gasteiger partial charge in [0.15, 0.2) is 0 Å². The average Bonchev–Trinajstić information content (AvgIpc) is 2.96. The first-order valence-electron chi connectivity index (χ1n) is 17.7. The van der Waals surface area contributed by atoms with Crippen molar-refractivity contribution in [3.8, 4) is 0 Å². The number of hydrogen-bond donors (Lipinski definition) is 2. The zero-order chi connectivity index (χ0) is 34.8. The Morgan fingerprint density at radius 2 is 1.34 bits per heavy atom. The van der Waals surface area contributed by atoms with E-state index in [1.807, 2.05) is 6.92 Å². The fraction of sp³-hybridized carbons (Fsp3) is 0.886. The molecule has 3 aliphatic rings. The Hall–Kier alpha value is -1.27. The minimum atomic E-state index is -4.38. The molecule has 0 amide bonds. The molecular formula is C35H56F6N2O3S. The summed E-state index contributed by atoms with van der Waals surface area (Å²) in [4.78, 5) is 26.3. The molecule has 3 aliphatic carbocycles. The first-order chi connectivity index (χ1) is 22.0. The Morgan fingerprint density at radius 3 is 1.91 bits per heavy atom. The van der Waals surface area contributed by atoms with E-state index in [9.17, 15) is 35.9 Å². The van der Waals surface area contributed by atoms with Crippen molar-refractivity contribution in [3.63, 3.8) is 0 Å². The van der Waals surface area contributed by atoms with Crippen molar-refractivity contribution in [1.82, 2.24) is 0 Å². The van der Waals surface area contributed by atoms with Crippen molar-refractivity contribution in [2.24, 2.45) is 41.1 Å². The molecule has 0 spiro atoms. The summed E-state index contributed by atoms with van der Waals surface area (Å²) in [6, 6.07) is -0.546. The number of hydrogen-bond acceptors (Lipinski definition) is 6. The van der Waals surface area contributed by atoms with Crippen LogP contribution in [0.25, 0.3) is 0 Å². The van der Waals surface area contributed by atoms with Crippen molar-refractivity contribution >= 4 is 23.3 Å². The molecule has 0 aliphatic heterocycles. The van der Waals surface area contributed by atoms with Crippen molar-refractivity contribution in [2.45, 2.75) is 158 Å². The van der Waals surface area contributed by atoms with E-state index in [2.05, 4.69) is 6.58 Å². The summed E-state index contributed by atoms with van der Waals surface area (Å²) in [5.41, 5.74) is 12.1. The third-order valence-corrected chi connectivity index (χ3v) is 12.2. The van der Waals surface area contributed by atoms with Gasteiger partial charge < -0.3 is 16.2 Å². The van der Waals surface area contributed by atoms with Crippen LogP contribution in [0.4, 0.5) is 26.3 Å². The van der Waals surface area contributed by atoms with E-state index in [4.69, 9.17) is 16.2 Å². The van der Waals surface area contributed by atoms with E-state index >= 15 is 0 Å². The number of ketones is 2. The highest BCUT2D eigenvalue weighted by atomic mass is 32.2. The van der Waals surface area contributed by atoms with Gasteiger partial charge in [-0.05, 0) is 107 Å². The molecular weight excluding hydrogens is 642 g/mol. The maximum Gasteiger partial charge on any atom is 0.391 e. The van der Waals surface area contributed by atoms with Crippen LogP contribution >= 0.6 is 11.8 Å². The molecule has 4 N–H and O–H groups in total. The van der Waals surface area contributed by atoms with Crippen LogP contribution in [0, 0.1) is 29.6 Å². The second-order valence-electron chi connectivity index (χ2n) is 14.6. The van der Waals surface area contributed by atoms with E-state index in [1.54, 1.807) is 11.8 Å². The first-order valence-corrected chi connectivity index (χ1v) is 18.7. The van der Waals surface area contributed by atoms with Crippen LogP contribution in [0.2, 0.25) is 0 Å². The molecule has 0 aromatic heterocycles. The van der Waals surface area contributed by atoms with Crippen LogP contribution in [0.3, 0.4) is 0 Å². The highest BCUT2D eigenvalue weighted by Crippen LogP contribution is 2.49. The van der Waals surface area contributed by atoms with E-state index in [-0.39, 0.29) is 73.8 Å². The number of halogens is 6. The smallest absolute Gasteiger partial charge is 0.391 e. The van der Waals surface area contributed by atoms with Crippen LogP contribution in [0.15, 0.2) is 12.3 Å². The van der Waals surface area contributed by atoms with Crippen LogP contribution in [-0.2, 0) is 14.3 Å². The number of alkyl halides is 6. The normalized spacial score (nSPS) is 32.2. The molecule has 7 atom stereocenters. The van der Waals surface area contributed by atoms with Crippen molar-refractivity contribution < 1.29 is 40.7 Å². The average molecular weight is 699 g/mol. The first kappa shape index (κ1) is 40.2. The van der Waals surface area contributed by atoms with Crippen LogP contribution < -0.4 is 11.5 Å². The number of rotatable bonds is 17. The number of thioether (sulfide) groups is 1. The lowest BCUT2D eigenvalue weighted by Crippen LogP contribution is -2.43. The summed E-state index contributed by atoms with van der Waals surface area (Å²) in [5.74, 6) is -3.04. The van der Waals surface area contributed by atoms with Crippen LogP contribution in [0.5, 0.6) is 0 Å². The van der Waals surface area contributed by atoms with E-state index in [0.717, 1.165) is 25.0 Å². The Balaban J connectivity index is 1.54. The van der Waals surface area contributed by atoms with Gasteiger partial charge >= 0.3 is 12.4 Å². The zero-order valence-corrected chi connectivity index (χ0v) is 28.7. The Kier molecular flexibility index (Phi) is 15.9. The second kappa shape index (κ2) is 18.6. The zero-order valence-electron chi connectivity index (χ0n) is 27.9. The molecule has 3 rings (SSSR count). The number of Topliss-reactive ketones (excluding diaryl/α,β-unsaturated/α-hetero) is 2. The van der Waals surface area contributed by atoms with Gasteiger partial charge in [-0.15, -0.1) is 0 Å². The highest BCUT2D eigenvalue weighted by molar-refractivity contribution is 7.99. The van der Waals surface area contributed by atoms with Gasteiger partial charge in [0.1, 0.15) is 11.6 Å². The SMILES string of the molecule is C=C(N)CCCCCC(=O)CC1CC(C(F)(F)F)CC(CC(=O)CC2CCC(OC3CC(N)CC(C(F)(F)F)C3)CC2)C1SCCC. The lowest BCUT2D eigenvalue weighted by molar-refractivity contribution is -0.198. The standard InChI is InChI=1S/C35H56F6N2O3S/c1-3-13-47-33-24(17-29(44)8-6-4-5-7-22(2)42)15-26(34(36,37)38)16-25(33)18-30(45)14-23-9-11-31(12-10-23)46-32-20-27(35(39,40)41)19-28(43)21-32/h23-28,31-33H,2-21,42-43H2,1H3. The lowest BCUT2D eigenvalue weighted by Gasteiger charge is -2.42. The number of ether oxygens (including phenoxy) is 1. The summed E-state index contributed by atoms with van der Waals surface area (Å²) in [6.45, 7) is 5.69. The highest BCUT2D eigenvalue weighted by Gasteiger charge is 2.49. The summed E-state index contributed by atoms with van der Waals surface area (Å²) in [7, 11) is 0. The molecule has 0 aromatic carbocycles. The maximum atomic E-state index is 14.1. The molecule has 0 aromatic rings. The largest absolute Gasteiger partial charge is 0.403 e. The van der Waals surface area contributed by atoms with Gasteiger partial charge in [0.2, 0.25) is 0 Å². The number of carbonyl (C=O) groups excluding carboxylic acids is 2. The summed E-state index contributed by atoms with van der Waals surface area (Å²) in [5, 5.41) is -0.173. The van der Waals surface area contributed by atoms with Crippen molar-refractivity contribution in [1.29, 1.82) is 0 Å². The minimum absolute atomic E-state index is 0.0142. The molecule has 47 heavy (non-hydrogen) atoms. The minimum Gasteiger partial charge on any atom is -0.403 e. The summed E-state index contributed by atoms with van der Waals surface area (Å²) in [6.07, 6.45) is -1.97. The van der Waals surface area contributed by atoms with E-state index in [1.165, 1.54) is 0 Å². The van der Waals surface area contributed by atoms with Crippen molar-refractivity contribution in [3.05, 3.63) is 12.3 Å². The summed E-state index contributed by atoms with van der Waals surface area (Å²) < 4.78 is 88.3. The predicted octanol–water partition coefficient (Wildman–Crippen LogP) is 9.07.